The molecule has 1 unspecified atom stereocenters. The van der Waals surface area contributed by atoms with Gasteiger partial charge in [-0.25, -0.2) is 0 Å². The van der Waals surface area contributed by atoms with Crippen LogP contribution in [-0.2, 0) is 6.42 Å². The van der Waals surface area contributed by atoms with Crippen LogP contribution in [0.2, 0.25) is 0 Å². The van der Waals surface area contributed by atoms with E-state index in [1.165, 1.54) is 41.1 Å². The lowest BCUT2D eigenvalue weighted by molar-refractivity contribution is 0.272. The fourth-order valence-electron chi connectivity index (χ4n) is 3.72. The Kier molecular flexibility index (Phi) is 5.89. The minimum absolute atomic E-state index is 0. The predicted octanol–water partition coefficient (Wildman–Crippen LogP) is 3.99. The summed E-state index contributed by atoms with van der Waals surface area (Å²) in [7, 11) is 0. The lowest BCUT2D eigenvalue weighted by Crippen LogP contribution is -2.28. The van der Waals surface area contributed by atoms with Gasteiger partial charge in [0.1, 0.15) is 0 Å². The molecule has 1 atom stereocenters. The maximum atomic E-state index is 11.9. The zero-order valence-corrected chi connectivity index (χ0v) is 16.7. The Morgan fingerprint density at radius 2 is 1.92 bits per heavy atom. The van der Waals surface area contributed by atoms with Crippen molar-refractivity contribution in [3.8, 4) is 5.69 Å². The Balaban J connectivity index is 0.00000196. The normalized spacial score (nSPS) is 17.3. The van der Waals surface area contributed by atoms with Gasteiger partial charge in [0.2, 0.25) is 0 Å². The van der Waals surface area contributed by atoms with Crippen molar-refractivity contribution < 1.29 is 0 Å². The molecule has 0 saturated carbocycles. The van der Waals surface area contributed by atoms with Gasteiger partial charge in [-0.05, 0) is 67.3 Å². The second-order valence-corrected chi connectivity index (χ2v) is 6.92. The minimum atomic E-state index is -0.113. The summed E-state index contributed by atoms with van der Waals surface area (Å²) in [5.41, 5.74) is 2.06. The molecule has 4 nitrogen and oxygen atoms in total. The standard InChI is InChI=1S/C21H23N3O.BrH/c1-16-4-3-12-23(16)13-10-17-6-7-19-15-20(9-8-18(19)14-17)24-21(25)5-2-11-22-24;/h2,5-9,11,14-16H,3-4,10,12-13H2,1H3;1H. The largest absolute Gasteiger partial charge is 0.300 e. The van der Waals surface area contributed by atoms with Gasteiger partial charge < -0.3 is 4.90 Å². The van der Waals surface area contributed by atoms with Crippen LogP contribution in [0, 0.1) is 0 Å². The second-order valence-electron chi connectivity index (χ2n) is 6.92. The SMILES string of the molecule is Br.CC1CCCN1CCc1ccc2cc(-n3ncccc3=O)ccc2c1. The van der Waals surface area contributed by atoms with Crippen LogP contribution in [0.1, 0.15) is 25.3 Å². The highest BCUT2D eigenvalue weighted by molar-refractivity contribution is 8.93. The predicted molar refractivity (Wildman–Crippen MR) is 112 cm³/mol. The van der Waals surface area contributed by atoms with Crippen molar-refractivity contribution in [1.29, 1.82) is 0 Å². The molecule has 136 valence electrons. The van der Waals surface area contributed by atoms with E-state index in [1.807, 2.05) is 12.1 Å². The number of nitrogens with zero attached hydrogens (tertiary/aromatic N) is 3. The zero-order valence-electron chi connectivity index (χ0n) is 15.0. The number of likely N-dealkylation sites (tertiary alicyclic amines) is 1. The summed E-state index contributed by atoms with van der Waals surface area (Å²) < 4.78 is 1.43. The van der Waals surface area contributed by atoms with E-state index in [-0.39, 0.29) is 22.5 Å². The van der Waals surface area contributed by atoms with E-state index in [2.05, 4.69) is 41.2 Å². The van der Waals surface area contributed by atoms with Crippen molar-refractivity contribution in [2.75, 3.05) is 13.1 Å². The summed E-state index contributed by atoms with van der Waals surface area (Å²) in [6.45, 7) is 4.69. The van der Waals surface area contributed by atoms with Crippen molar-refractivity contribution in [3.63, 3.8) is 0 Å². The summed E-state index contributed by atoms with van der Waals surface area (Å²) in [5.74, 6) is 0. The highest BCUT2D eigenvalue weighted by atomic mass is 79.9. The molecule has 0 aliphatic carbocycles. The van der Waals surface area contributed by atoms with Gasteiger partial charge in [0, 0.05) is 24.8 Å². The van der Waals surface area contributed by atoms with E-state index in [0.29, 0.717) is 0 Å². The number of benzene rings is 2. The Morgan fingerprint density at radius 3 is 2.69 bits per heavy atom. The van der Waals surface area contributed by atoms with Crippen LogP contribution in [0.5, 0.6) is 0 Å². The molecule has 4 rings (SSSR count). The monoisotopic (exact) mass is 413 g/mol. The summed E-state index contributed by atoms with van der Waals surface area (Å²) in [6, 6.07) is 16.6. The number of halogens is 1. The van der Waals surface area contributed by atoms with Crippen LogP contribution in [0.3, 0.4) is 0 Å². The Bertz CT molecular complexity index is 953. The van der Waals surface area contributed by atoms with Gasteiger partial charge in [-0.2, -0.15) is 9.78 Å². The molecule has 1 saturated heterocycles. The molecule has 2 heterocycles. The summed E-state index contributed by atoms with van der Waals surface area (Å²) in [4.78, 5) is 14.5. The van der Waals surface area contributed by atoms with Gasteiger partial charge in [-0.1, -0.05) is 24.3 Å². The third-order valence-corrected chi connectivity index (χ3v) is 5.23. The van der Waals surface area contributed by atoms with Gasteiger partial charge in [0.25, 0.3) is 5.56 Å². The first kappa shape index (κ1) is 18.8. The van der Waals surface area contributed by atoms with Gasteiger partial charge in [0.05, 0.1) is 5.69 Å². The van der Waals surface area contributed by atoms with Crippen LogP contribution in [-0.4, -0.2) is 33.8 Å². The molecule has 2 aromatic carbocycles. The molecule has 0 radical (unpaired) electrons. The van der Waals surface area contributed by atoms with Gasteiger partial charge in [-0.15, -0.1) is 17.0 Å². The first-order valence-electron chi connectivity index (χ1n) is 9.02. The quantitative estimate of drug-likeness (QED) is 0.648. The molecule has 0 amide bonds. The third kappa shape index (κ3) is 3.89. The van der Waals surface area contributed by atoms with Crippen molar-refractivity contribution in [3.05, 3.63) is 70.6 Å². The average molecular weight is 414 g/mol. The zero-order chi connectivity index (χ0) is 17.2. The van der Waals surface area contributed by atoms with E-state index in [0.717, 1.165) is 30.1 Å². The van der Waals surface area contributed by atoms with E-state index in [4.69, 9.17) is 0 Å². The Labute approximate surface area is 164 Å². The topological polar surface area (TPSA) is 38.1 Å². The highest BCUT2D eigenvalue weighted by Gasteiger charge is 2.19. The molecule has 3 aromatic rings. The van der Waals surface area contributed by atoms with Crippen LogP contribution >= 0.6 is 17.0 Å². The maximum absolute atomic E-state index is 11.9. The van der Waals surface area contributed by atoms with E-state index in [1.54, 1.807) is 12.3 Å². The molecule has 0 spiro atoms. The molecular weight excluding hydrogens is 390 g/mol. The lowest BCUT2D eigenvalue weighted by atomic mass is 10.0. The van der Waals surface area contributed by atoms with Gasteiger partial charge in [0.15, 0.2) is 0 Å². The summed E-state index contributed by atoms with van der Waals surface area (Å²) >= 11 is 0. The van der Waals surface area contributed by atoms with Crippen LogP contribution in [0.25, 0.3) is 16.5 Å². The first-order valence-corrected chi connectivity index (χ1v) is 9.02. The fraction of sp³-hybridized carbons (Fsp3) is 0.333. The number of rotatable bonds is 4. The van der Waals surface area contributed by atoms with Crippen LogP contribution in [0.15, 0.2) is 59.5 Å². The van der Waals surface area contributed by atoms with Crippen molar-refractivity contribution in [2.45, 2.75) is 32.2 Å². The number of hydrogen-bond acceptors (Lipinski definition) is 3. The summed E-state index contributed by atoms with van der Waals surface area (Å²) in [6.07, 6.45) is 5.37. The molecular formula is C21H24BrN3O. The van der Waals surface area contributed by atoms with Crippen molar-refractivity contribution in [1.82, 2.24) is 14.7 Å². The molecule has 5 heteroatoms. The second kappa shape index (κ2) is 8.14. The molecule has 26 heavy (non-hydrogen) atoms. The first-order chi connectivity index (χ1) is 12.2. The summed E-state index contributed by atoms with van der Waals surface area (Å²) in [5, 5.41) is 6.49. The third-order valence-electron chi connectivity index (χ3n) is 5.23. The number of fused-ring (bicyclic) bond motifs is 1. The van der Waals surface area contributed by atoms with E-state index >= 15 is 0 Å². The molecule has 1 aromatic heterocycles. The Hall–Kier alpha value is -1.98. The van der Waals surface area contributed by atoms with Gasteiger partial charge in [-0.3, -0.25) is 4.79 Å². The number of aromatic nitrogens is 2. The fourth-order valence-corrected chi connectivity index (χ4v) is 3.72. The maximum Gasteiger partial charge on any atom is 0.271 e. The minimum Gasteiger partial charge on any atom is -0.300 e. The van der Waals surface area contributed by atoms with Crippen LogP contribution in [0.4, 0.5) is 0 Å². The van der Waals surface area contributed by atoms with Crippen LogP contribution < -0.4 is 5.56 Å². The number of hydrogen-bond donors (Lipinski definition) is 0. The van der Waals surface area contributed by atoms with Crippen molar-refractivity contribution in [2.24, 2.45) is 0 Å². The lowest BCUT2D eigenvalue weighted by Gasteiger charge is -2.20. The molecule has 1 aliphatic heterocycles. The van der Waals surface area contributed by atoms with Gasteiger partial charge >= 0.3 is 0 Å². The molecule has 1 fully saturated rings. The average Bonchev–Trinajstić information content (AvgIpc) is 3.05. The smallest absolute Gasteiger partial charge is 0.271 e. The highest BCUT2D eigenvalue weighted by Crippen LogP contribution is 2.21. The molecule has 0 bridgehead atoms. The molecule has 1 aliphatic rings. The Morgan fingerprint density at radius 1 is 1.12 bits per heavy atom. The van der Waals surface area contributed by atoms with E-state index in [9.17, 15) is 4.79 Å². The van der Waals surface area contributed by atoms with E-state index < -0.39 is 0 Å². The van der Waals surface area contributed by atoms with Crippen molar-refractivity contribution >= 4 is 27.8 Å². The molecule has 0 N–H and O–H groups in total.